The standard InChI is InChI=1S/C27H32N4OS/c1-16-7-8-22(15-18(16)3)31-27-26(21(6)30-31)19(4)23(20(5)29-27)9-10-25(32)28-13-11-24-17(2)12-14-33-24/h7-8,12,14-15H,9-11,13H2,1-6H3,(H,28,32). The first-order valence-corrected chi connectivity index (χ1v) is 12.4. The summed E-state index contributed by atoms with van der Waals surface area (Å²) in [6, 6.07) is 8.50. The molecule has 0 aliphatic carbocycles. The summed E-state index contributed by atoms with van der Waals surface area (Å²) in [4.78, 5) is 18.8. The summed E-state index contributed by atoms with van der Waals surface area (Å²) < 4.78 is 1.94. The number of amides is 1. The van der Waals surface area contributed by atoms with E-state index >= 15 is 0 Å². The molecule has 1 aromatic carbocycles. The van der Waals surface area contributed by atoms with Crippen LogP contribution in [0.3, 0.4) is 0 Å². The number of nitrogens with one attached hydrogen (secondary N) is 1. The first kappa shape index (κ1) is 23.2. The van der Waals surface area contributed by atoms with Gasteiger partial charge < -0.3 is 5.32 Å². The highest BCUT2D eigenvalue weighted by atomic mass is 32.1. The second kappa shape index (κ2) is 9.48. The Balaban J connectivity index is 1.52. The highest BCUT2D eigenvalue weighted by molar-refractivity contribution is 7.10. The van der Waals surface area contributed by atoms with Gasteiger partial charge in [-0.2, -0.15) is 5.10 Å². The third-order valence-electron chi connectivity index (χ3n) is 6.55. The van der Waals surface area contributed by atoms with Crippen molar-refractivity contribution in [2.45, 2.75) is 60.8 Å². The van der Waals surface area contributed by atoms with Crippen LogP contribution in [-0.4, -0.2) is 27.2 Å². The molecule has 0 saturated heterocycles. The van der Waals surface area contributed by atoms with Crippen molar-refractivity contribution in [2.75, 3.05) is 6.54 Å². The normalized spacial score (nSPS) is 11.3. The van der Waals surface area contributed by atoms with E-state index in [-0.39, 0.29) is 5.91 Å². The SMILES string of the molecule is Cc1ccc(-n2nc(C)c3c(C)c(CCC(=O)NCCc4sccc4C)c(C)nc32)cc1C. The lowest BCUT2D eigenvalue weighted by molar-refractivity contribution is -0.121. The highest BCUT2D eigenvalue weighted by Gasteiger charge is 2.18. The molecule has 0 aliphatic heterocycles. The van der Waals surface area contributed by atoms with Gasteiger partial charge in [0.25, 0.3) is 0 Å². The lowest BCUT2D eigenvalue weighted by Crippen LogP contribution is -2.26. The van der Waals surface area contributed by atoms with Gasteiger partial charge in [-0.1, -0.05) is 6.07 Å². The number of aromatic nitrogens is 3. The van der Waals surface area contributed by atoms with Gasteiger partial charge in [-0.15, -0.1) is 11.3 Å². The molecule has 4 aromatic rings. The number of pyridine rings is 1. The largest absolute Gasteiger partial charge is 0.356 e. The highest BCUT2D eigenvalue weighted by Crippen LogP contribution is 2.28. The smallest absolute Gasteiger partial charge is 0.220 e. The molecule has 5 nitrogen and oxygen atoms in total. The molecule has 0 unspecified atom stereocenters. The zero-order valence-electron chi connectivity index (χ0n) is 20.4. The number of fused-ring (bicyclic) bond motifs is 1. The average Bonchev–Trinajstić information content (AvgIpc) is 3.32. The zero-order valence-corrected chi connectivity index (χ0v) is 21.2. The fraction of sp³-hybridized carbons (Fsp3) is 0.370. The van der Waals surface area contributed by atoms with Crippen LogP contribution in [0.25, 0.3) is 16.7 Å². The van der Waals surface area contributed by atoms with Crippen LogP contribution < -0.4 is 5.32 Å². The molecule has 0 aliphatic rings. The van der Waals surface area contributed by atoms with Crippen LogP contribution in [0.5, 0.6) is 0 Å². The maximum Gasteiger partial charge on any atom is 0.220 e. The predicted octanol–water partition coefficient (Wildman–Crippen LogP) is 5.62. The molecule has 0 fully saturated rings. The van der Waals surface area contributed by atoms with Gasteiger partial charge in [-0.25, -0.2) is 9.67 Å². The summed E-state index contributed by atoms with van der Waals surface area (Å²) in [7, 11) is 0. The molecule has 1 N–H and O–H groups in total. The van der Waals surface area contributed by atoms with E-state index in [1.165, 1.54) is 27.1 Å². The van der Waals surface area contributed by atoms with Crippen molar-refractivity contribution in [1.82, 2.24) is 20.1 Å². The van der Waals surface area contributed by atoms with Crippen molar-refractivity contribution in [2.24, 2.45) is 0 Å². The summed E-state index contributed by atoms with van der Waals surface area (Å²) in [6.45, 7) is 13.2. The van der Waals surface area contributed by atoms with Gasteiger partial charge in [-0.05, 0) is 106 Å². The van der Waals surface area contributed by atoms with Crippen LogP contribution in [0.15, 0.2) is 29.6 Å². The van der Waals surface area contributed by atoms with Crippen LogP contribution in [0.1, 0.15) is 50.5 Å². The molecule has 0 bridgehead atoms. The monoisotopic (exact) mass is 460 g/mol. The van der Waals surface area contributed by atoms with Crippen molar-refractivity contribution in [3.8, 4) is 5.69 Å². The third-order valence-corrected chi connectivity index (χ3v) is 7.64. The lowest BCUT2D eigenvalue weighted by atomic mass is 9.99. The Morgan fingerprint density at radius 3 is 2.45 bits per heavy atom. The fourth-order valence-electron chi connectivity index (χ4n) is 4.41. The summed E-state index contributed by atoms with van der Waals surface area (Å²) in [5.41, 5.74) is 9.95. The summed E-state index contributed by atoms with van der Waals surface area (Å²) in [6.07, 6.45) is 2.03. The number of hydrogen-bond donors (Lipinski definition) is 1. The Morgan fingerprint density at radius 1 is 0.970 bits per heavy atom. The van der Waals surface area contributed by atoms with E-state index in [2.05, 4.69) is 62.7 Å². The van der Waals surface area contributed by atoms with Gasteiger partial charge in [0.1, 0.15) is 0 Å². The predicted molar refractivity (Wildman–Crippen MR) is 137 cm³/mol. The summed E-state index contributed by atoms with van der Waals surface area (Å²) >= 11 is 1.75. The van der Waals surface area contributed by atoms with Gasteiger partial charge in [0, 0.05) is 28.9 Å². The lowest BCUT2D eigenvalue weighted by Gasteiger charge is -2.12. The molecule has 33 heavy (non-hydrogen) atoms. The Kier molecular flexibility index (Phi) is 6.66. The molecule has 3 heterocycles. The maximum atomic E-state index is 12.5. The molecular formula is C27H32N4OS. The maximum absolute atomic E-state index is 12.5. The van der Waals surface area contributed by atoms with E-state index in [1.807, 2.05) is 18.5 Å². The molecule has 0 saturated carbocycles. The van der Waals surface area contributed by atoms with E-state index in [9.17, 15) is 4.79 Å². The van der Waals surface area contributed by atoms with Gasteiger partial charge in [-0.3, -0.25) is 4.79 Å². The van der Waals surface area contributed by atoms with Crippen LogP contribution >= 0.6 is 11.3 Å². The topological polar surface area (TPSA) is 59.8 Å². The number of carbonyl (C=O) groups is 1. The van der Waals surface area contributed by atoms with E-state index in [4.69, 9.17) is 10.1 Å². The fourth-order valence-corrected chi connectivity index (χ4v) is 5.32. The van der Waals surface area contributed by atoms with E-state index < -0.39 is 0 Å². The number of hydrogen-bond acceptors (Lipinski definition) is 4. The molecular weight excluding hydrogens is 428 g/mol. The second-order valence-corrected chi connectivity index (χ2v) is 9.89. The van der Waals surface area contributed by atoms with Crippen LogP contribution in [0, 0.1) is 41.5 Å². The Bertz CT molecular complexity index is 1330. The minimum atomic E-state index is 0.0886. The summed E-state index contributed by atoms with van der Waals surface area (Å²) in [5.74, 6) is 0.0886. The van der Waals surface area contributed by atoms with Gasteiger partial charge in [0.05, 0.1) is 11.4 Å². The molecule has 0 radical (unpaired) electrons. The molecule has 1 amide bonds. The third kappa shape index (κ3) is 4.71. The van der Waals surface area contributed by atoms with E-state index in [1.54, 1.807) is 11.3 Å². The van der Waals surface area contributed by atoms with Crippen molar-refractivity contribution in [1.29, 1.82) is 0 Å². The van der Waals surface area contributed by atoms with Crippen molar-refractivity contribution >= 4 is 28.3 Å². The van der Waals surface area contributed by atoms with Crippen molar-refractivity contribution < 1.29 is 4.79 Å². The Morgan fingerprint density at radius 2 is 1.76 bits per heavy atom. The Hall–Kier alpha value is -2.99. The number of thiophene rings is 1. The van der Waals surface area contributed by atoms with Crippen molar-refractivity contribution in [3.63, 3.8) is 0 Å². The van der Waals surface area contributed by atoms with Crippen LogP contribution in [0.2, 0.25) is 0 Å². The van der Waals surface area contributed by atoms with E-state index in [0.717, 1.165) is 40.1 Å². The molecule has 4 rings (SSSR count). The second-order valence-electron chi connectivity index (χ2n) is 8.89. The van der Waals surface area contributed by atoms with Gasteiger partial charge in [0.2, 0.25) is 5.91 Å². The minimum Gasteiger partial charge on any atom is -0.356 e. The Labute approximate surface area is 199 Å². The van der Waals surface area contributed by atoms with Crippen molar-refractivity contribution in [3.05, 3.63) is 73.7 Å². The summed E-state index contributed by atoms with van der Waals surface area (Å²) in [5, 5.41) is 11.1. The minimum absolute atomic E-state index is 0.0886. The molecule has 0 atom stereocenters. The molecule has 172 valence electrons. The number of benzene rings is 1. The van der Waals surface area contributed by atoms with E-state index in [0.29, 0.717) is 19.4 Å². The molecule has 3 aromatic heterocycles. The van der Waals surface area contributed by atoms with Crippen LogP contribution in [0.4, 0.5) is 0 Å². The van der Waals surface area contributed by atoms with Crippen LogP contribution in [-0.2, 0) is 17.6 Å². The van der Waals surface area contributed by atoms with Gasteiger partial charge in [0.15, 0.2) is 5.65 Å². The number of rotatable bonds is 7. The first-order valence-electron chi connectivity index (χ1n) is 11.5. The number of nitrogens with zero attached hydrogens (tertiary/aromatic N) is 3. The number of carbonyl (C=O) groups excluding carboxylic acids is 1. The first-order chi connectivity index (χ1) is 15.8. The molecule has 6 heteroatoms. The molecule has 0 spiro atoms. The van der Waals surface area contributed by atoms with Gasteiger partial charge >= 0.3 is 0 Å². The zero-order chi connectivity index (χ0) is 23.7. The average molecular weight is 461 g/mol. The quantitative estimate of drug-likeness (QED) is 0.389. The number of aryl methyl sites for hydroxylation is 6.